The van der Waals surface area contributed by atoms with E-state index in [0.717, 1.165) is 16.5 Å². The topological polar surface area (TPSA) is 84.0 Å². The van der Waals surface area contributed by atoms with Gasteiger partial charge in [-0.3, -0.25) is 0 Å². The van der Waals surface area contributed by atoms with Gasteiger partial charge in [-0.05, 0) is 23.8 Å². The maximum Gasteiger partial charge on any atom is 0.231 e. The van der Waals surface area contributed by atoms with Crippen molar-refractivity contribution in [3.63, 3.8) is 0 Å². The number of hydrogen-bond acceptors (Lipinski definition) is 8. The summed E-state index contributed by atoms with van der Waals surface area (Å²) in [5, 5.41) is 4.19. The Morgan fingerprint density at radius 2 is 1.63 bits per heavy atom. The molecule has 0 amide bonds. The number of ether oxygens (including phenoxy) is 5. The predicted octanol–water partition coefficient (Wildman–Crippen LogP) is 3.00. The molecule has 2 heterocycles. The monoisotopic (exact) mass is 369 g/mol. The third-order valence-corrected chi connectivity index (χ3v) is 4.31. The van der Waals surface area contributed by atoms with Crippen molar-refractivity contribution >= 4 is 16.7 Å². The van der Waals surface area contributed by atoms with E-state index >= 15 is 0 Å². The number of nitrogens with one attached hydrogen (secondary N) is 1. The van der Waals surface area contributed by atoms with Gasteiger partial charge >= 0.3 is 0 Å². The molecular weight excluding hydrogens is 350 g/mol. The Balaban J connectivity index is 1.64. The predicted molar refractivity (Wildman–Crippen MR) is 99.1 cm³/mol. The summed E-state index contributed by atoms with van der Waals surface area (Å²) in [5.74, 6) is 3.84. The lowest BCUT2D eigenvalue weighted by Crippen LogP contribution is -2.04. The minimum absolute atomic E-state index is 0.216. The van der Waals surface area contributed by atoms with Crippen LogP contribution in [0.3, 0.4) is 0 Å². The van der Waals surface area contributed by atoms with E-state index in [9.17, 15) is 0 Å². The summed E-state index contributed by atoms with van der Waals surface area (Å²) >= 11 is 0. The lowest BCUT2D eigenvalue weighted by atomic mass is 10.1. The molecule has 0 spiro atoms. The molecule has 27 heavy (non-hydrogen) atoms. The van der Waals surface area contributed by atoms with Gasteiger partial charge in [-0.15, -0.1) is 0 Å². The van der Waals surface area contributed by atoms with Crippen LogP contribution in [0.5, 0.6) is 28.7 Å². The Labute approximate surface area is 156 Å². The SMILES string of the molecule is COc1cc(CNc2ncnc3cc4c(cc23)OCO4)cc(OC)c1OC. The molecule has 0 aliphatic carbocycles. The van der Waals surface area contributed by atoms with E-state index in [1.807, 2.05) is 24.3 Å². The second-order valence-electron chi connectivity index (χ2n) is 5.83. The van der Waals surface area contributed by atoms with Crippen molar-refractivity contribution in [2.45, 2.75) is 6.54 Å². The second-order valence-corrected chi connectivity index (χ2v) is 5.83. The first-order chi connectivity index (χ1) is 13.2. The van der Waals surface area contributed by atoms with E-state index < -0.39 is 0 Å². The number of nitrogens with zero attached hydrogens (tertiary/aromatic N) is 2. The Morgan fingerprint density at radius 1 is 0.926 bits per heavy atom. The number of benzene rings is 2. The van der Waals surface area contributed by atoms with Crippen LogP contribution in [0.2, 0.25) is 0 Å². The van der Waals surface area contributed by atoms with Gasteiger partial charge in [0.2, 0.25) is 12.5 Å². The molecule has 0 saturated heterocycles. The molecule has 0 saturated carbocycles. The van der Waals surface area contributed by atoms with Crippen LogP contribution in [0.25, 0.3) is 10.9 Å². The van der Waals surface area contributed by atoms with Gasteiger partial charge in [0.05, 0.1) is 26.8 Å². The van der Waals surface area contributed by atoms with Gasteiger partial charge in [0.1, 0.15) is 12.1 Å². The first-order valence-electron chi connectivity index (χ1n) is 8.30. The maximum atomic E-state index is 5.46. The fraction of sp³-hybridized carbons (Fsp3) is 0.263. The molecule has 1 aliphatic rings. The molecule has 2 aromatic carbocycles. The van der Waals surface area contributed by atoms with E-state index in [1.165, 1.54) is 6.33 Å². The normalized spacial score (nSPS) is 12.1. The minimum Gasteiger partial charge on any atom is -0.493 e. The molecule has 140 valence electrons. The quantitative estimate of drug-likeness (QED) is 0.710. The summed E-state index contributed by atoms with van der Waals surface area (Å²) in [6.45, 7) is 0.727. The van der Waals surface area contributed by atoms with Crippen LogP contribution in [0, 0.1) is 0 Å². The highest BCUT2D eigenvalue weighted by molar-refractivity contribution is 5.91. The van der Waals surface area contributed by atoms with Crippen molar-refractivity contribution in [3.8, 4) is 28.7 Å². The summed E-state index contributed by atoms with van der Waals surface area (Å²) in [6, 6.07) is 7.53. The number of aromatic nitrogens is 2. The molecule has 0 unspecified atom stereocenters. The molecular formula is C19H19N3O5. The van der Waals surface area contributed by atoms with Crippen molar-refractivity contribution in [1.29, 1.82) is 0 Å². The third kappa shape index (κ3) is 3.10. The molecule has 8 heteroatoms. The molecule has 1 aromatic heterocycles. The van der Waals surface area contributed by atoms with E-state index in [4.69, 9.17) is 23.7 Å². The van der Waals surface area contributed by atoms with E-state index in [-0.39, 0.29) is 6.79 Å². The first kappa shape index (κ1) is 17.0. The lowest BCUT2D eigenvalue weighted by molar-refractivity contribution is 0.174. The van der Waals surface area contributed by atoms with E-state index in [0.29, 0.717) is 41.1 Å². The molecule has 0 radical (unpaired) electrons. The van der Waals surface area contributed by atoms with Crippen molar-refractivity contribution < 1.29 is 23.7 Å². The van der Waals surface area contributed by atoms with Crippen LogP contribution in [-0.2, 0) is 6.54 Å². The molecule has 8 nitrogen and oxygen atoms in total. The number of hydrogen-bond donors (Lipinski definition) is 1. The van der Waals surface area contributed by atoms with Gasteiger partial charge < -0.3 is 29.0 Å². The number of anilines is 1. The average Bonchev–Trinajstić information content (AvgIpc) is 3.16. The van der Waals surface area contributed by atoms with Gasteiger partial charge in [-0.1, -0.05) is 0 Å². The number of fused-ring (bicyclic) bond motifs is 2. The Hall–Kier alpha value is -3.42. The van der Waals surface area contributed by atoms with Gasteiger partial charge in [-0.2, -0.15) is 0 Å². The van der Waals surface area contributed by atoms with Gasteiger partial charge in [0.25, 0.3) is 0 Å². The van der Waals surface area contributed by atoms with Crippen LogP contribution in [0.15, 0.2) is 30.6 Å². The Morgan fingerprint density at radius 3 is 2.30 bits per heavy atom. The zero-order valence-electron chi connectivity index (χ0n) is 15.2. The van der Waals surface area contributed by atoms with Crippen LogP contribution < -0.4 is 29.0 Å². The van der Waals surface area contributed by atoms with Crippen molar-refractivity contribution in [2.24, 2.45) is 0 Å². The van der Waals surface area contributed by atoms with Gasteiger partial charge in [0, 0.05) is 18.0 Å². The van der Waals surface area contributed by atoms with Crippen molar-refractivity contribution in [1.82, 2.24) is 9.97 Å². The highest BCUT2D eigenvalue weighted by Crippen LogP contribution is 2.39. The van der Waals surface area contributed by atoms with Gasteiger partial charge in [-0.25, -0.2) is 9.97 Å². The Bertz CT molecular complexity index is 967. The molecule has 4 rings (SSSR count). The summed E-state index contributed by atoms with van der Waals surface area (Å²) in [4.78, 5) is 8.67. The van der Waals surface area contributed by atoms with Crippen molar-refractivity contribution in [2.75, 3.05) is 33.4 Å². The number of rotatable bonds is 6. The zero-order valence-corrected chi connectivity index (χ0v) is 15.2. The first-order valence-corrected chi connectivity index (χ1v) is 8.30. The summed E-state index contributed by atoms with van der Waals surface area (Å²) in [7, 11) is 4.76. The molecule has 0 bridgehead atoms. The highest BCUT2D eigenvalue weighted by Gasteiger charge is 2.17. The summed E-state index contributed by atoms with van der Waals surface area (Å²) in [6.07, 6.45) is 1.52. The maximum absolute atomic E-state index is 5.46. The van der Waals surface area contributed by atoms with E-state index in [1.54, 1.807) is 21.3 Å². The zero-order chi connectivity index (χ0) is 18.8. The average molecular weight is 369 g/mol. The van der Waals surface area contributed by atoms with Crippen molar-refractivity contribution in [3.05, 3.63) is 36.2 Å². The molecule has 0 atom stereocenters. The number of methoxy groups -OCH3 is 3. The molecule has 1 aliphatic heterocycles. The minimum atomic E-state index is 0.216. The smallest absolute Gasteiger partial charge is 0.231 e. The summed E-state index contributed by atoms with van der Waals surface area (Å²) < 4.78 is 27.0. The van der Waals surface area contributed by atoms with Crippen LogP contribution >= 0.6 is 0 Å². The highest BCUT2D eigenvalue weighted by atomic mass is 16.7. The fourth-order valence-electron chi connectivity index (χ4n) is 3.01. The second kappa shape index (κ2) is 7.06. The largest absolute Gasteiger partial charge is 0.493 e. The van der Waals surface area contributed by atoms with Crippen LogP contribution in [-0.4, -0.2) is 38.1 Å². The van der Waals surface area contributed by atoms with Crippen LogP contribution in [0.4, 0.5) is 5.82 Å². The lowest BCUT2D eigenvalue weighted by Gasteiger charge is -2.15. The summed E-state index contributed by atoms with van der Waals surface area (Å²) in [5.41, 5.74) is 1.73. The van der Waals surface area contributed by atoms with Gasteiger partial charge in [0.15, 0.2) is 23.0 Å². The molecule has 3 aromatic rings. The fourth-order valence-corrected chi connectivity index (χ4v) is 3.01. The Kier molecular flexibility index (Phi) is 4.45. The van der Waals surface area contributed by atoms with E-state index in [2.05, 4.69) is 15.3 Å². The van der Waals surface area contributed by atoms with Crippen LogP contribution in [0.1, 0.15) is 5.56 Å². The third-order valence-electron chi connectivity index (χ3n) is 4.31. The molecule has 1 N–H and O–H groups in total. The molecule has 0 fully saturated rings. The standard InChI is InChI=1S/C19H19N3O5/c1-23-16-4-11(5-17(24-2)18(16)25-3)8-20-19-12-6-14-15(27-10-26-14)7-13(12)21-9-22-19/h4-7,9H,8,10H2,1-3H3,(H,20,21,22).